The van der Waals surface area contributed by atoms with Gasteiger partial charge in [0.25, 0.3) is 0 Å². The summed E-state index contributed by atoms with van der Waals surface area (Å²) in [5.41, 5.74) is -0.633. The maximum absolute atomic E-state index is 11.2. The number of carbonyl (C=O) groups is 1. The lowest BCUT2D eigenvalue weighted by molar-refractivity contribution is -0.148. The van der Waals surface area contributed by atoms with Gasteiger partial charge in [0.15, 0.2) is 0 Å². The van der Waals surface area contributed by atoms with Gasteiger partial charge in [-0.2, -0.15) is 0 Å². The second kappa shape index (κ2) is 4.60. The van der Waals surface area contributed by atoms with Crippen molar-refractivity contribution in [2.75, 3.05) is 7.11 Å². The van der Waals surface area contributed by atoms with Gasteiger partial charge in [0.05, 0.1) is 18.6 Å². The monoisotopic (exact) mass is 198 g/mol. The Morgan fingerprint density at radius 3 is 2.64 bits per heavy atom. The van der Waals surface area contributed by atoms with Crippen LogP contribution in [0.3, 0.4) is 0 Å². The number of hydrogen-bond acceptors (Lipinski definition) is 3. The summed E-state index contributed by atoms with van der Waals surface area (Å²) in [6, 6.07) is 0. The first-order valence-electron chi connectivity index (χ1n) is 5.02. The van der Waals surface area contributed by atoms with E-state index in [-0.39, 0.29) is 11.9 Å². The average molecular weight is 198 g/mol. The Morgan fingerprint density at radius 2 is 2.21 bits per heavy atom. The van der Waals surface area contributed by atoms with Crippen molar-refractivity contribution in [1.29, 1.82) is 0 Å². The third-order valence-electron chi connectivity index (χ3n) is 2.98. The van der Waals surface area contributed by atoms with E-state index in [1.165, 1.54) is 7.11 Å². The molecule has 80 valence electrons. The molecule has 3 nitrogen and oxygen atoms in total. The number of hydrogen-bond donors (Lipinski definition) is 1. The van der Waals surface area contributed by atoms with E-state index in [0.717, 1.165) is 12.8 Å². The molecule has 0 saturated heterocycles. The normalized spacial score (nSPS) is 32.3. The Hall–Kier alpha value is -0.830. The van der Waals surface area contributed by atoms with Crippen LogP contribution in [0.25, 0.3) is 0 Å². The Bertz CT molecular complexity index is 215. The largest absolute Gasteiger partial charge is 0.469 e. The summed E-state index contributed by atoms with van der Waals surface area (Å²) in [5, 5.41) is 10.0. The van der Waals surface area contributed by atoms with Gasteiger partial charge in [-0.25, -0.2) is 0 Å². The van der Waals surface area contributed by atoms with E-state index >= 15 is 0 Å². The summed E-state index contributed by atoms with van der Waals surface area (Å²) in [6.45, 7) is 3.62. The minimum atomic E-state index is -0.633. The van der Waals surface area contributed by atoms with Gasteiger partial charge in [-0.3, -0.25) is 4.79 Å². The molecule has 1 aliphatic rings. The van der Waals surface area contributed by atoms with E-state index in [9.17, 15) is 9.90 Å². The zero-order chi connectivity index (χ0) is 10.6. The van der Waals surface area contributed by atoms with Crippen LogP contribution in [0.1, 0.15) is 32.1 Å². The Balaban J connectivity index is 2.45. The van der Waals surface area contributed by atoms with Crippen LogP contribution in [-0.2, 0) is 9.53 Å². The van der Waals surface area contributed by atoms with Gasteiger partial charge in [-0.15, -0.1) is 6.58 Å². The summed E-state index contributed by atoms with van der Waals surface area (Å²) >= 11 is 0. The van der Waals surface area contributed by atoms with E-state index in [0.29, 0.717) is 19.3 Å². The van der Waals surface area contributed by atoms with Crippen molar-refractivity contribution < 1.29 is 14.6 Å². The molecule has 1 aliphatic carbocycles. The van der Waals surface area contributed by atoms with Crippen molar-refractivity contribution in [3.05, 3.63) is 12.7 Å². The maximum Gasteiger partial charge on any atom is 0.308 e. The van der Waals surface area contributed by atoms with Crippen molar-refractivity contribution in [3.63, 3.8) is 0 Å². The first-order valence-corrected chi connectivity index (χ1v) is 5.02. The third-order valence-corrected chi connectivity index (χ3v) is 2.98. The standard InChI is InChI=1S/C11H18O3/c1-3-6-11(13)7-4-9(5-8-11)10(12)14-2/h3,9,13H,1,4-8H2,2H3. The molecule has 0 unspecified atom stereocenters. The van der Waals surface area contributed by atoms with E-state index in [1.54, 1.807) is 6.08 Å². The molecular weight excluding hydrogens is 180 g/mol. The first-order chi connectivity index (χ1) is 6.61. The van der Waals surface area contributed by atoms with Crippen molar-refractivity contribution >= 4 is 5.97 Å². The second-order valence-electron chi connectivity index (χ2n) is 4.01. The quantitative estimate of drug-likeness (QED) is 0.554. The number of esters is 1. The van der Waals surface area contributed by atoms with Gasteiger partial charge in [0.2, 0.25) is 0 Å². The van der Waals surface area contributed by atoms with Crippen LogP contribution in [0.4, 0.5) is 0 Å². The summed E-state index contributed by atoms with van der Waals surface area (Å²) in [6.07, 6.45) is 5.12. The molecule has 1 saturated carbocycles. The van der Waals surface area contributed by atoms with Gasteiger partial charge >= 0.3 is 5.97 Å². The van der Waals surface area contributed by atoms with Crippen LogP contribution in [-0.4, -0.2) is 23.8 Å². The van der Waals surface area contributed by atoms with E-state index in [1.807, 2.05) is 0 Å². The Labute approximate surface area is 84.8 Å². The Morgan fingerprint density at radius 1 is 1.64 bits per heavy atom. The first kappa shape index (κ1) is 11.2. The summed E-state index contributed by atoms with van der Waals surface area (Å²) in [4.78, 5) is 11.2. The van der Waals surface area contributed by atoms with Gasteiger partial charge in [-0.1, -0.05) is 6.08 Å². The fourth-order valence-corrected chi connectivity index (χ4v) is 2.03. The van der Waals surface area contributed by atoms with Crippen LogP contribution >= 0.6 is 0 Å². The predicted molar refractivity (Wildman–Crippen MR) is 53.7 cm³/mol. The van der Waals surface area contributed by atoms with E-state index in [2.05, 4.69) is 11.3 Å². The molecular formula is C11H18O3. The summed E-state index contributed by atoms with van der Waals surface area (Å²) in [5.74, 6) is -0.171. The lowest BCUT2D eigenvalue weighted by atomic mass is 9.77. The van der Waals surface area contributed by atoms with Crippen LogP contribution in [0.2, 0.25) is 0 Å². The van der Waals surface area contributed by atoms with Crippen molar-refractivity contribution in [2.24, 2.45) is 5.92 Å². The molecule has 0 aliphatic heterocycles. The molecule has 14 heavy (non-hydrogen) atoms. The zero-order valence-corrected chi connectivity index (χ0v) is 8.66. The molecule has 3 heteroatoms. The highest BCUT2D eigenvalue weighted by Crippen LogP contribution is 2.34. The Kier molecular flexibility index (Phi) is 3.69. The lowest BCUT2D eigenvalue weighted by Gasteiger charge is -2.34. The van der Waals surface area contributed by atoms with E-state index < -0.39 is 5.60 Å². The molecule has 0 aromatic rings. The summed E-state index contributed by atoms with van der Waals surface area (Å²) in [7, 11) is 1.41. The van der Waals surface area contributed by atoms with Crippen LogP contribution < -0.4 is 0 Å². The number of carbonyl (C=O) groups excluding carboxylic acids is 1. The highest BCUT2D eigenvalue weighted by molar-refractivity contribution is 5.72. The van der Waals surface area contributed by atoms with E-state index in [4.69, 9.17) is 0 Å². The molecule has 0 amide bonds. The van der Waals surface area contributed by atoms with Crippen LogP contribution in [0.15, 0.2) is 12.7 Å². The maximum atomic E-state index is 11.2. The van der Waals surface area contributed by atoms with Crippen molar-refractivity contribution in [3.8, 4) is 0 Å². The number of ether oxygens (including phenoxy) is 1. The van der Waals surface area contributed by atoms with Gasteiger partial charge in [-0.05, 0) is 32.1 Å². The number of rotatable bonds is 3. The number of methoxy groups -OCH3 is 1. The topological polar surface area (TPSA) is 46.5 Å². The molecule has 0 spiro atoms. The molecule has 0 aromatic heterocycles. The third kappa shape index (κ3) is 2.58. The molecule has 0 bridgehead atoms. The molecule has 1 rings (SSSR count). The lowest BCUT2D eigenvalue weighted by Crippen LogP contribution is -2.35. The molecule has 1 fully saturated rings. The molecule has 1 N–H and O–H groups in total. The van der Waals surface area contributed by atoms with Crippen LogP contribution in [0, 0.1) is 5.92 Å². The summed E-state index contributed by atoms with van der Waals surface area (Å²) < 4.78 is 4.68. The number of aliphatic hydroxyl groups is 1. The fourth-order valence-electron chi connectivity index (χ4n) is 2.03. The SMILES string of the molecule is C=CCC1(O)CCC(C(=O)OC)CC1. The predicted octanol–water partition coefficient (Wildman–Crippen LogP) is 1.66. The second-order valence-corrected chi connectivity index (χ2v) is 4.01. The molecule has 0 heterocycles. The van der Waals surface area contributed by atoms with Gasteiger partial charge in [0, 0.05) is 0 Å². The smallest absolute Gasteiger partial charge is 0.308 e. The zero-order valence-electron chi connectivity index (χ0n) is 8.66. The fraction of sp³-hybridized carbons (Fsp3) is 0.727. The van der Waals surface area contributed by atoms with Crippen LogP contribution in [0.5, 0.6) is 0 Å². The highest BCUT2D eigenvalue weighted by Gasteiger charge is 2.34. The minimum Gasteiger partial charge on any atom is -0.469 e. The molecule has 0 atom stereocenters. The van der Waals surface area contributed by atoms with Gasteiger partial charge < -0.3 is 9.84 Å². The minimum absolute atomic E-state index is 0.0231. The van der Waals surface area contributed by atoms with Crippen molar-refractivity contribution in [1.82, 2.24) is 0 Å². The van der Waals surface area contributed by atoms with Gasteiger partial charge in [0.1, 0.15) is 0 Å². The highest BCUT2D eigenvalue weighted by atomic mass is 16.5. The van der Waals surface area contributed by atoms with Crippen molar-refractivity contribution in [2.45, 2.75) is 37.7 Å². The molecule has 0 aromatic carbocycles. The molecule has 0 radical (unpaired) electrons. The average Bonchev–Trinajstić information content (AvgIpc) is 2.18.